The highest BCUT2D eigenvalue weighted by Gasteiger charge is 2.01. The third-order valence-corrected chi connectivity index (χ3v) is 1.51. The summed E-state index contributed by atoms with van der Waals surface area (Å²) in [6.45, 7) is 10.7. The van der Waals surface area contributed by atoms with Crippen LogP contribution in [0.4, 0.5) is 0 Å². The molecule has 0 saturated heterocycles. The molecule has 1 aromatic heterocycles. The van der Waals surface area contributed by atoms with E-state index in [1.807, 2.05) is 0 Å². The Balaban J connectivity index is 3.31. The predicted molar refractivity (Wildman–Crippen MR) is 41.1 cm³/mol. The molecule has 3 heteroatoms. The fraction of sp³-hybridized carbons (Fsp3) is 0. The van der Waals surface area contributed by atoms with E-state index in [-0.39, 0.29) is 16.4 Å². The zero-order valence-corrected chi connectivity index (χ0v) is 6.45. The molecule has 0 aliphatic heterocycles. The largest absolute Gasteiger partial charge is 0.240 e. The Hall–Kier alpha value is -0.270. The first kappa shape index (κ1) is 7.83. The molecule has 0 atom stereocenters. The monoisotopic (exact) mass is 171 g/mol. The first-order valence-electron chi connectivity index (χ1n) is 2.48. The standard InChI is InChI=1S/C7H3Cl2N/c1-4-5(2)10-7(9)3-6(4)8/h1-3H. The molecule has 0 unspecified atom stereocenters. The van der Waals surface area contributed by atoms with Gasteiger partial charge in [0.15, 0.2) is 0 Å². The maximum Gasteiger partial charge on any atom is 0.130 e. The van der Waals surface area contributed by atoms with Crippen molar-refractivity contribution in [3.8, 4) is 0 Å². The van der Waals surface area contributed by atoms with Gasteiger partial charge in [-0.15, -0.1) is 0 Å². The summed E-state index contributed by atoms with van der Waals surface area (Å²) in [6, 6.07) is 1.44. The van der Waals surface area contributed by atoms with Gasteiger partial charge in [0, 0.05) is 18.9 Å². The Morgan fingerprint density at radius 1 is 1.30 bits per heavy atom. The maximum absolute atomic E-state index is 5.59. The van der Waals surface area contributed by atoms with Crippen LogP contribution < -0.4 is 0 Å². The van der Waals surface area contributed by atoms with Crippen LogP contribution in [0, 0.1) is 13.8 Å². The molecule has 1 nitrogen and oxygen atoms in total. The van der Waals surface area contributed by atoms with Crippen molar-refractivity contribution in [1.29, 1.82) is 0 Å². The molecule has 0 saturated carbocycles. The van der Waals surface area contributed by atoms with Gasteiger partial charge in [0.25, 0.3) is 0 Å². The molecule has 1 aromatic rings. The van der Waals surface area contributed by atoms with E-state index in [2.05, 4.69) is 4.98 Å². The van der Waals surface area contributed by atoms with Crippen LogP contribution in [0.3, 0.4) is 0 Å². The Morgan fingerprint density at radius 3 is 2.40 bits per heavy atom. The number of hydrogen-bond donors (Lipinski definition) is 0. The fourth-order valence-electron chi connectivity index (χ4n) is 0.512. The number of aromatic nitrogens is 1. The van der Waals surface area contributed by atoms with Gasteiger partial charge in [-0.05, 0) is 11.6 Å². The van der Waals surface area contributed by atoms with E-state index < -0.39 is 0 Å². The van der Waals surface area contributed by atoms with E-state index in [0.29, 0.717) is 5.02 Å². The molecule has 0 aliphatic carbocycles. The predicted octanol–water partition coefficient (Wildman–Crippen LogP) is 2.51. The number of hydrogen-bond acceptors (Lipinski definition) is 1. The van der Waals surface area contributed by atoms with Gasteiger partial charge in [-0.25, -0.2) is 4.98 Å². The maximum atomic E-state index is 5.59. The first-order chi connectivity index (χ1) is 4.61. The average Bonchev–Trinajstić information content (AvgIpc) is 1.82. The Labute approximate surface area is 70.0 Å². The molecule has 0 bridgehead atoms. The van der Waals surface area contributed by atoms with Gasteiger partial charge in [0.1, 0.15) is 5.15 Å². The van der Waals surface area contributed by atoms with Gasteiger partial charge in [-0.1, -0.05) is 23.2 Å². The highest BCUT2D eigenvalue weighted by atomic mass is 35.5. The van der Waals surface area contributed by atoms with E-state index in [0.717, 1.165) is 0 Å². The Kier molecular flexibility index (Phi) is 2.17. The van der Waals surface area contributed by atoms with Gasteiger partial charge in [0.05, 0.1) is 5.69 Å². The molecule has 4 radical (unpaired) electrons. The summed E-state index contributed by atoms with van der Waals surface area (Å²) < 4.78 is 0. The molecular formula is C7H3Cl2N. The lowest BCUT2D eigenvalue weighted by Gasteiger charge is -1.99. The molecule has 1 heterocycles. The molecule has 0 amide bonds. The van der Waals surface area contributed by atoms with Crippen molar-refractivity contribution in [3.05, 3.63) is 41.3 Å². The van der Waals surface area contributed by atoms with Crippen molar-refractivity contribution in [2.45, 2.75) is 0 Å². The number of rotatable bonds is 0. The van der Waals surface area contributed by atoms with E-state index in [4.69, 9.17) is 37.0 Å². The lowest BCUT2D eigenvalue weighted by molar-refractivity contribution is 1.24. The molecule has 10 heavy (non-hydrogen) atoms. The molecule has 0 spiro atoms. The van der Waals surface area contributed by atoms with Crippen molar-refractivity contribution in [2.24, 2.45) is 0 Å². The minimum Gasteiger partial charge on any atom is -0.240 e. The van der Waals surface area contributed by atoms with E-state index in [1.54, 1.807) is 0 Å². The van der Waals surface area contributed by atoms with Gasteiger partial charge in [-0.3, -0.25) is 0 Å². The smallest absolute Gasteiger partial charge is 0.130 e. The van der Waals surface area contributed by atoms with E-state index in [1.165, 1.54) is 6.07 Å². The summed E-state index contributed by atoms with van der Waals surface area (Å²) in [5, 5.41) is 0.578. The zero-order valence-electron chi connectivity index (χ0n) is 4.94. The fourth-order valence-corrected chi connectivity index (χ4v) is 0.968. The molecule has 0 aliphatic rings. The summed E-state index contributed by atoms with van der Waals surface area (Å²) in [5.41, 5.74) is 0.434. The van der Waals surface area contributed by atoms with Crippen LogP contribution in [-0.4, -0.2) is 4.98 Å². The van der Waals surface area contributed by atoms with Crippen LogP contribution in [0.1, 0.15) is 11.3 Å². The summed E-state index contributed by atoms with van der Waals surface area (Å²) in [5.74, 6) is 0. The van der Waals surface area contributed by atoms with Crippen LogP contribution in [0.2, 0.25) is 10.2 Å². The van der Waals surface area contributed by atoms with E-state index in [9.17, 15) is 0 Å². The van der Waals surface area contributed by atoms with Gasteiger partial charge in [-0.2, -0.15) is 0 Å². The summed E-state index contributed by atoms with van der Waals surface area (Å²) in [6.07, 6.45) is 0. The van der Waals surface area contributed by atoms with Gasteiger partial charge < -0.3 is 0 Å². The van der Waals surface area contributed by atoms with Crippen LogP contribution in [0.5, 0.6) is 0 Å². The Bertz CT molecular complexity index is 235. The SMILES string of the molecule is [CH]c1nc(Cl)cc(Cl)c1[CH]. The second-order valence-corrected chi connectivity index (χ2v) is 2.52. The normalized spacial score (nSPS) is 10.0. The molecule has 0 aromatic carbocycles. The van der Waals surface area contributed by atoms with Crippen LogP contribution in [0.25, 0.3) is 0 Å². The van der Waals surface area contributed by atoms with Crippen LogP contribution in [-0.2, 0) is 0 Å². The van der Waals surface area contributed by atoms with Crippen LogP contribution >= 0.6 is 23.2 Å². The lowest BCUT2D eigenvalue weighted by Crippen LogP contribution is -1.87. The Morgan fingerprint density at radius 2 is 1.90 bits per heavy atom. The second-order valence-electron chi connectivity index (χ2n) is 1.73. The molecule has 0 fully saturated rings. The number of pyridine rings is 1. The minimum atomic E-state index is 0.164. The van der Waals surface area contributed by atoms with Crippen molar-refractivity contribution in [3.63, 3.8) is 0 Å². The van der Waals surface area contributed by atoms with Crippen molar-refractivity contribution in [1.82, 2.24) is 4.98 Å². The molecule has 50 valence electrons. The van der Waals surface area contributed by atoms with Crippen molar-refractivity contribution < 1.29 is 0 Å². The van der Waals surface area contributed by atoms with E-state index >= 15 is 0 Å². The highest BCUT2D eigenvalue weighted by Crippen LogP contribution is 2.20. The second kappa shape index (κ2) is 2.77. The topological polar surface area (TPSA) is 12.9 Å². The quantitative estimate of drug-likeness (QED) is 0.548. The van der Waals surface area contributed by atoms with Gasteiger partial charge >= 0.3 is 0 Å². The number of nitrogens with zero attached hydrogens (tertiary/aromatic N) is 1. The third kappa shape index (κ3) is 1.41. The third-order valence-electron chi connectivity index (χ3n) is 1.01. The lowest BCUT2D eigenvalue weighted by atomic mass is 10.2. The molecule has 0 N–H and O–H groups in total. The molecular weight excluding hydrogens is 169 g/mol. The summed E-state index contributed by atoms with van der Waals surface area (Å²) in [4.78, 5) is 3.67. The van der Waals surface area contributed by atoms with Gasteiger partial charge in [0.2, 0.25) is 0 Å². The first-order valence-corrected chi connectivity index (χ1v) is 3.24. The zero-order chi connectivity index (χ0) is 7.72. The average molecular weight is 172 g/mol. The molecule has 1 rings (SSSR count). The summed E-state index contributed by atoms with van der Waals surface area (Å²) >= 11 is 11.1. The summed E-state index contributed by atoms with van der Waals surface area (Å²) in [7, 11) is 0. The highest BCUT2D eigenvalue weighted by molar-refractivity contribution is 6.34. The van der Waals surface area contributed by atoms with Crippen molar-refractivity contribution in [2.75, 3.05) is 0 Å². The van der Waals surface area contributed by atoms with Crippen LogP contribution in [0.15, 0.2) is 6.07 Å². The van der Waals surface area contributed by atoms with Crippen molar-refractivity contribution >= 4 is 23.2 Å². The number of halogens is 2. The minimum absolute atomic E-state index is 0.164.